The SMILES string of the molecule is N[C@@H](CCC(=O)Cc1cc(Cl)cc(S(=O)(=O)O)c1O)C(=O)NCCC1=CCc2ccccc21. The van der Waals surface area contributed by atoms with Crippen LogP contribution in [0.4, 0.5) is 0 Å². The van der Waals surface area contributed by atoms with E-state index in [1.807, 2.05) is 12.1 Å². The van der Waals surface area contributed by atoms with Gasteiger partial charge in [0.15, 0.2) is 0 Å². The first-order chi connectivity index (χ1) is 15.6. The van der Waals surface area contributed by atoms with E-state index in [4.69, 9.17) is 17.3 Å². The number of nitrogens with two attached hydrogens (primary N) is 1. The minimum Gasteiger partial charge on any atom is -0.506 e. The fourth-order valence-electron chi connectivity index (χ4n) is 3.75. The minimum absolute atomic E-state index is 0.0386. The van der Waals surface area contributed by atoms with E-state index in [0.717, 1.165) is 12.5 Å². The summed E-state index contributed by atoms with van der Waals surface area (Å²) in [5, 5.41) is 12.8. The number of nitrogens with one attached hydrogen (secondary N) is 1. The fraction of sp³-hybridized carbons (Fsp3) is 0.304. The molecule has 2 aromatic rings. The smallest absolute Gasteiger partial charge is 0.298 e. The number of hydrogen-bond acceptors (Lipinski definition) is 6. The van der Waals surface area contributed by atoms with Gasteiger partial charge in [-0.25, -0.2) is 0 Å². The minimum atomic E-state index is -4.71. The Morgan fingerprint density at radius 3 is 2.67 bits per heavy atom. The van der Waals surface area contributed by atoms with E-state index >= 15 is 0 Å². The topological polar surface area (TPSA) is 147 Å². The summed E-state index contributed by atoms with van der Waals surface area (Å²) in [5.41, 5.74) is 9.51. The molecule has 33 heavy (non-hydrogen) atoms. The van der Waals surface area contributed by atoms with Crippen molar-refractivity contribution in [2.75, 3.05) is 6.54 Å². The first kappa shape index (κ1) is 24.9. The number of halogens is 1. The maximum absolute atomic E-state index is 12.3. The van der Waals surface area contributed by atoms with Crippen LogP contribution in [0.25, 0.3) is 5.57 Å². The number of aromatic hydroxyl groups is 1. The van der Waals surface area contributed by atoms with Crippen LogP contribution in [0.2, 0.25) is 5.02 Å². The van der Waals surface area contributed by atoms with Gasteiger partial charge < -0.3 is 16.2 Å². The van der Waals surface area contributed by atoms with E-state index in [2.05, 4.69) is 23.5 Å². The van der Waals surface area contributed by atoms with Gasteiger partial charge >= 0.3 is 0 Å². The molecule has 0 aliphatic heterocycles. The van der Waals surface area contributed by atoms with E-state index in [-0.39, 0.29) is 41.5 Å². The molecule has 176 valence electrons. The van der Waals surface area contributed by atoms with Gasteiger partial charge in [-0.3, -0.25) is 14.1 Å². The number of ketones is 1. The summed E-state index contributed by atoms with van der Waals surface area (Å²) in [6.07, 6.45) is 3.42. The lowest BCUT2D eigenvalue weighted by molar-refractivity contribution is -0.122. The Bertz CT molecular complexity index is 1210. The summed E-state index contributed by atoms with van der Waals surface area (Å²) in [6.45, 7) is 0.426. The second-order valence-corrected chi connectivity index (χ2v) is 9.71. The molecule has 1 amide bonds. The number of phenols is 1. The Labute approximate surface area is 197 Å². The molecule has 3 rings (SSSR count). The highest BCUT2D eigenvalue weighted by Gasteiger charge is 2.22. The number of hydrogen-bond donors (Lipinski definition) is 4. The van der Waals surface area contributed by atoms with E-state index in [1.165, 1.54) is 22.8 Å². The van der Waals surface area contributed by atoms with Gasteiger partial charge in [-0.15, -0.1) is 0 Å². The normalized spacial score (nSPS) is 13.8. The highest BCUT2D eigenvalue weighted by atomic mass is 35.5. The van der Waals surface area contributed by atoms with Crippen molar-refractivity contribution in [3.05, 3.63) is 64.2 Å². The van der Waals surface area contributed by atoms with Crippen molar-refractivity contribution in [2.24, 2.45) is 5.73 Å². The second-order valence-electron chi connectivity index (χ2n) is 7.88. The second kappa shape index (κ2) is 10.5. The zero-order chi connectivity index (χ0) is 24.2. The molecule has 0 bridgehead atoms. The van der Waals surface area contributed by atoms with Crippen molar-refractivity contribution < 1.29 is 27.7 Å². The van der Waals surface area contributed by atoms with Crippen LogP contribution in [0.15, 0.2) is 47.4 Å². The number of rotatable bonds is 10. The van der Waals surface area contributed by atoms with Crippen molar-refractivity contribution in [1.82, 2.24) is 5.32 Å². The highest BCUT2D eigenvalue weighted by Crippen LogP contribution is 2.31. The lowest BCUT2D eigenvalue weighted by Gasteiger charge is -2.13. The van der Waals surface area contributed by atoms with Crippen molar-refractivity contribution in [3.8, 4) is 5.75 Å². The van der Waals surface area contributed by atoms with Gasteiger partial charge in [0.1, 0.15) is 16.4 Å². The maximum atomic E-state index is 12.3. The van der Waals surface area contributed by atoms with Gasteiger partial charge in [0, 0.05) is 30.0 Å². The average molecular weight is 493 g/mol. The third kappa shape index (κ3) is 6.42. The van der Waals surface area contributed by atoms with Crippen LogP contribution >= 0.6 is 11.6 Å². The third-order valence-corrected chi connectivity index (χ3v) is 6.57. The first-order valence-electron chi connectivity index (χ1n) is 10.4. The molecule has 0 unspecified atom stereocenters. The Kier molecular flexibility index (Phi) is 7.91. The molecule has 8 nitrogen and oxygen atoms in total. The van der Waals surface area contributed by atoms with Crippen LogP contribution in [0, 0.1) is 0 Å². The van der Waals surface area contributed by atoms with E-state index in [1.54, 1.807) is 0 Å². The van der Waals surface area contributed by atoms with Gasteiger partial charge in [-0.05, 0) is 48.1 Å². The molecule has 0 radical (unpaired) electrons. The first-order valence-corrected chi connectivity index (χ1v) is 12.2. The predicted octanol–water partition coefficient (Wildman–Crippen LogP) is 2.66. The summed E-state index contributed by atoms with van der Waals surface area (Å²) in [5.74, 6) is -1.47. The number of amides is 1. The van der Waals surface area contributed by atoms with Crippen molar-refractivity contribution in [3.63, 3.8) is 0 Å². The molecule has 2 aromatic carbocycles. The zero-order valence-corrected chi connectivity index (χ0v) is 19.3. The molecule has 0 aromatic heterocycles. The summed E-state index contributed by atoms with van der Waals surface area (Å²) in [6, 6.07) is 9.36. The highest BCUT2D eigenvalue weighted by molar-refractivity contribution is 7.86. The van der Waals surface area contributed by atoms with Gasteiger partial charge in [-0.1, -0.05) is 41.9 Å². The number of allylic oxidation sites excluding steroid dienone is 1. The molecule has 1 aliphatic carbocycles. The Morgan fingerprint density at radius 2 is 1.94 bits per heavy atom. The molecule has 0 spiro atoms. The number of phenolic OH excluding ortho intramolecular Hbond substituents is 1. The predicted molar refractivity (Wildman–Crippen MR) is 125 cm³/mol. The van der Waals surface area contributed by atoms with Crippen molar-refractivity contribution in [1.29, 1.82) is 0 Å². The van der Waals surface area contributed by atoms with Crippen molar-refractivity contribution >= 4 is 39.0 Å². The van der Waals surface area contributed by atoms with E-state index in [0.29, 0.717) is 13.0 Å². The van der Waals surface area contributed by atoms with E-state index < -0.39 is 26.8 Å². The van der Waals surface area contributed by atoms with Gasteiger partial charge in [0.25, 0.3) is 10.1 Å². The number of Topliss-reactive ketones (excluding diaryl/α,β-unsaturated/α-hetero) is 1. The number of fused-ring (bicyclic) bond motifs is 1. The molecule has 0 fully saturated rings. The van der Waals surface area contributed by atoms with E-state index in [9.17, 15) is 27.7 Å². The zero-order valence-electron chi connectivity index (χ0n) is 17.8. The van der Waals surface area contributed by atoms with Gasteiger partial charge in [0.2, 0.25) is 5.91 Å². The molecule has 0 saturated carbocycles. The summed E-state index contributed by atoms with van der Waals surface area (Å²) < 4.78 is 31.9. The number of carbonyl (C=O) groups is 2. The number of carbonyl (C=O) groups excluding carboxylic acids is 2. The largest absolute Gasteiger partial charge is 0.506 e. The average Bonchev–Trinajstić information content (AvgIpc) is 3.16. The third-order valence-electron chi connectivity index (χ3n) is 5.48. The monoisotopic (exact) mass is 492 g/mol. The molecule has 5 N–H and O–H groups in total. The molecular formula is C23H25ClN2O6S. The van der Waals surface area contributed by atoms with Crippen LogP contribution in [-0.2, 0) is 32.5 Å². The molecular weight excluding hydrogens is 468 g/mol. The summed E-state index contributed by atoms with van der Waals surface area (Å²) in [4.78, 5) is 23.8. The summed E-state index contributed by atoms with van der Waals surface area (Å²) >= 11 is 5.83. The molecule has 0 heterocycles. The fourth-order valence-corrected chi connectivity index (χ4v) is 4.71. The van der Waals surface area contributed by atoms with Gasteiger partial charge in [-0.2, -0.15) is 8.42 Å². The van der Waals surface area contributed by atoms with Crippen molar-refractivity contribution in [2.45, 2.75) is 43.0 Å². The Balaban J connectivity index is 1.47. The van der Waals surface area contributed by atoms with Gasteiger partial charge in [0.05, 0.1) is 6.04 Å². The molecule has 1 atom stereocenters. The van der Waals surface area contributed by atoms with Crippen LogP contribution in [-0.4, -0.2) is 42.4 Å². The molecule has 0 saturated heterocycles. The summed E-state index contributed by atoms with van der Waals surface area (Å²) in [7, 11) is -4.71. The van der Waals surface area contributed by atoms with Crippen LogP contribution in [0.1, 0.15) is 36.0 Å². The Morgan fingerprint density at radius 1 is 1.21 bits per heavy atom. The van der Waals surface area contributed by atoms with Crippen LogP contribution in [0.5, 0.6) is 5.75 Å². The molecule has 1 aliphatic rings. The Hall–Kier alpha value is -2.72. The molecule has 10 heteroatoms. The van der Waals surface area contributed by atoms with Crippen LogP contribution in [0.3, 0.4) is 0 Å². The lowest BCUT2D eigenvalue weighted by Crippen LogP contribution is -2.41. The van der Waals surface area contributed by atoms with Crippen LogP contribution < -0.4 is 11.1 Å². The number of benzene rings is 2. The standard InChI is InChI=1S/C23H25ClN2O6S/c24-17-11-16(22(28)21(13-17)33(30,31)32)12-18(27)7-8-20(25)23(29)26-10-9-15-6-5-14-3-1-2-4-19(14)15/h1-4,6,11,13,20,28H,5,7-10,12,25H2,(H,26,29)(H,30,31,32)/t20-/m0/s1. The maximum Gasteiger partial charge on any atom is 0.298 e. The quantitative estimate of drug-likeness (QED) is 0.373. The lowest BCUT2D eigenvalue weighted by atomic mass is 10.0.